The Balaban J connectivity index is 2.12. The number of hydrogen-bond donors (Lipinski definition) is 2. The molecule has 8 heteroatoms. The van der Waals surface area contributed by atoms with E-state index in [1.165, 1.54) is 10.9 Å². The number of aryl methyl sites for hydroxylation is 1. The summed E-state index contributed by atoms with van der Waals surface area (Å²) >= 11 is 4.84. The van der Waals surface area contributed by atoms with Crippen LogP contribution in [0.1, 0.15) is 11.1 Å². The van der Waals surface area contributed by atoms with E-state index >= 15 is 0 Å². The maximum atomic E-state index is 12.0. The van der Waals surface area contributed by atoms with Crippen molar-refractivity contribution in [1.29, 1.82) is 0 Å². The largest absolute Gasteiger partial charge is 0.389 e. The number of hydrogen-bond acceptors (Lipinski definition) is 4. The summed E-state index contributed by atoms with van der Waals surface area (Å²) in [5, 5.41) is 3.90. The van der Waals surface area contributed by atoms with Crippen molar-refractivity contribution >= 4 is 33.0 Å². The van der Waals surface area contributed by atoms with Gasteiger partial charge in [-0.1, -0.05) is 36.5 Å². The molecule has 106 valence electrons. The number of thiocarbonyl (C=S) groups is 1. The maximum absolute atomic E-state index is 12.0. The van der Waals surface area contributed by atoms with Gasteiger partial charge in [-0.15, -0.1) is 0 Å². The Morgan fingerprint density at radius 1 is 1.35 bits per heavy atom. The number of benzene rings is 1. The van der Waals surface area contributed by atoms with Crippen LogP contribution in [-0.4, -0.2) is 23.2 Å². The minimum Gasteiger partial charge on any atom is -0.389 e. The highest BCUT2D eigenvalue weighted by Gasteiger charge is 2.13. The zero-order chi connectivity index (χ0) is 14.8. The third-order valence-electron chi connectivity index (χ3n) is 2.68. The lowest BCUT2D eigenvalue weighted by molar-refractivity contribution is 0.599. The number of nitrogens with zero attached hydrogens (tertiary/aromatic N) is 2. The van der Waals surface area contributed by atoms with Gasteiger partial charge in [-0.3, -0.25) is 9.40 Å². The van der Waals surface area contributed by atoms with Gasteiger partial charge in [0.05, 0.1) is 11.9 Å². The zero-order valence-electron chi connectivity index (χ0n) is 10.8. The first-order chi connectivity index (χ1) is 9.37. The highest BCUT2D eigenvalue weighted by molar-refractivity contribution is 7.91. The topological polar surface area (TPSA) is 90.0 Å². The summed E-state index contributed by atoms with van der Waals surface area (Å²) in [5.41, 5.74) is 6.85. The standard InChI is InChI=1S/C12H14N4O2S2/c1-16-11(6-7-14-16)15-20(17,18)8-9-2-4-10(5-3-9)12(13)19/h2-7,15H,8H2,1H3,(H2,13,19). The van der Waals surface area contributed by atoms with Crippen molar-refractivity contribution in [3.05, 3.63) is 47.7 Å². The number of nitrogens with one attached hydrogen (secondary N) is 1. The molecule has 2 rings (SSSR count). The molecule has 0 saturated carbocycles. The molecular formula is C12H14N4O2S2. The van der Waals surface area contributed by atoms with Gasteiger partial charge < -0.3 is 5.73 Å². The molecule has 1 aromatic carbocycles. The first-order valence-corrected chi connectivity index (χ1v) is 7.81. The molecule has 0 bridgehead atoms. The Labute approximate surface area is 122 Å². The second-order valence-electron chi connectivity index (χ2n) is 4.26. The van der Waals surface area contributed by atoms with Crippen LogP contribution in [0.5, 0.6) is 0 Å². The van der Waals surface area contributed by atoms with Gasteiger partial charge in [0.2, 0.25) is 10.0 Å². The average Bonchev–Trinajstić information content (AvgIpc) is 2.74. The minimum absolute atomic E-state index is 0.129. The Kier molecular flexibility index (Phi) is 4.05. The number of rotatable bonds is 5. The molecular weight excluding hydrogens is 296 g/mol. The summed E-state index contributed by atoms with van der Waals surface area (Å²) in [7, 11) is -1.83. The number of aromatic nitrogens is 2. The Morgan fingerprint density at radius 2 is 2.00 bits per heavy atom. The van der Waals surface area contributed by atoms with Crippen LogP contribution < -0.4 is 10.5 Å². The summed E-state index contributed by atoms with van der Waals surface area (Å²) < 4.78 is 28.0. The van der Waals surface area contributed by atoms with Gasteiger partial charge in [-0.05, 0) is 5.56 Å². The number of nitrogens with two attached hydrogens (primary N) is 1. The van der Waals surface area contributed by atoms with Crippen molar-refractivity contribution in [1.82, 2.24) is 9.78 Å². The first kappa shape index (κ1) is 14.5. The molecule has 2 aromatic rings. The van der Waals surface area contributed by atoms with E-state index in [9.17, 15) is 8.42 Å². The fourth-order valence-corrected chi connectivity index (χ4v) is 3.01. The maximum Gasteiger partial charge on any atom is 0.238 e. The molecule has 0 atom stereocenters. The first-order valence-electron chi connectivity index (χ1n) is 5.74. The van der Waals surface area contributed by atoms with Crippen LogP contribution in [0.25, 0.3) is 0 Å². The van der Waals surface area contributed by atoms with Crippen molar-refractivity contribution in [2.45, 2.75) is 5.75 Å². The van der Waals surface area contributed by atoms with E-state index in [1.54, 1.807) is 37.4 Å². The van der Waals surface area contributed by atoms with Gasteiger partial charge in [-0.25, -0.2) is 8.42 Å². The summed E-state index contributed by atoms with van der Waals surface area (Å²) in [6.45, 7) is 0. The molecule has 0 amide bonds. The minimum atomic E-state index is -3.49. The summed E-state index contributed by atoms with van der Waals surface area (Å²) in [4.78, 5) is 0.285. The van der Waals surface area contributed by atoms with Crippen molar-refractivity contribution in [3.8, 4) is 0 Å². The molecule has 0 unspecified atom stereocenters. The van der Waals surface area contributed by atoms with Gasteiger partial charge in [0.25, 0.3) is 0 Å². The van der Waals surface area contributed by atoms with E-state index in [0.29, 0.717) is 16.9 Å². The van der Waals surface area contributed by atoms with Crippen molar-refractivity contribution in [2.24, 2.45) is 12.8 Å². The second-order valence-corrected chi connectivity index (χ2v) is 6.42. The molecule has 1 heterocycles. The second kappa shape index (κ2) is 5.59. The quantitative estimate of drug-likeness (QED) is 0.804. The van der Waals surface area contributed by atoms with Crippen LogP contribution in [0.4, 0.5) is 5.82 Å². The van der Waals surface area contributed by atoms with Gasteiger partial charge in [-0.2, -0.15) is 5.10 Å². The van der Waals surface area contributed by atoms with Crippen molar-refractivity contribution in [3.63, 3.8) is 0 Å². The summed E-state index contributed by atoms with van der Waals surface area (Å²) in [6.07, 6.45) is 1.52. The predicted molar refractivity (Wildman–Crippen MR) is 81.8 cm³/mol. The monoisotopic (exact) mass is 310 g/mol. The number of anilines is 1. The van der Waals surface area contributed by atoms with Gasteiger partial charge in [0.1, 0.15) is 10.8 Å². The summed E-state index contributed by atoms with van der Waals surface area (Å²) in [5.74, 6) is 0.292. The highest BCUT2D eigenvalue weighted by Crippen LogP contribution is 2.12. The van der Waals surface area contributed by atoms with Crippen LogP contribution in [0, 0.1) is 0 Å². The van der Waals surface area contributed by atoms with Gasteiger partial charge >= 0.3 is 0 Å². The van der Waals surface area contributed by atoms with Gasteiger partial charge in [0.15, 0.2) is 0 Å². The predicted octanol–water partition coefficient (Wildman–Crippen LogP) is 0.996. The fourth-order valence-electron chi connectivity index (χ4n) is 1.65. The van der Waals surface area contributed by atoms with Crippen molar-refractivity contribution < 1.29 is 8.42 Å². The third-order valence-corrected chi connectivity index (χ3v) is 4.15. The molecule has 1 aromatic heterocycles. The molecule has 0 saturated heterocycles. The molecule has 0 fully saturated rings. The molecule has 0 radical (unpaired) electrons. The van der Waals surface area contributed by atoms with E-state index in [0.717, 1.165) is 0 Å². The molecule has 20 heavy (non-hydrogen) atoms. The molecule has 6 nitrogen and oxygen atoms in total. The van der Waals surface area contributed by atoms with E-state index in [-0.39, 0.29) is 10.7 Å². The van der Waals surface area contributed by atoms with Crippen LogP contribution in [0.3, 0.4) is 0 Å². The van der Waals surface area contributed by atoms with Crippen LogP contribution in [0.15, 0.2) is 36.5 Å². The van der Waals surface area contributed by atoms with E-state index in [1.807, 2.05) is 0 Å². The molecule has 0 aliphatic rings. The van der Waals surface area contributed by atoms with Gasteiger partial charge in [0, 0.05) is 18.7 Å². The lowest BCUT2D eigenvalue weighted by atomic mass is 10.1. The highest BCUT2D eigenvalue weighted by atomic mass is 32.2. The SMILES string of the molecule is Cn1nccc1NS(=O)(=O)Cc1ccc(C(N)=S)cc1. The summed E-state index contributed by atoms with van der Waals surface area (Å²) in [6, 6.07) is 8.38. The molecule has 0 spiro atoms. The lowest BCUT2D eigenvalue weighted by Gasteiger charge is -2.08. The van der Waals surface area contributed by atoms with E-state index in [4.69, 9.17) is 18.0 Å². The van der Waals surface area contributed by atoms with E-state index in [2.05, 4.69) is 9.82 Å². The van der Waals surface area contributed by atoms with E-state index < -0.39 is 10.0 Å². The lowest BCUT2D eigenvalue weighted by Crippen LogP contribution is -2.17. The molecule has 0 aliphatic heterocycles. The molecule has 3 N–H and O–H groups in total. The Morgan fingerprint density at radius 3 is 2.50 bits per heavy atom. The fraction of sp³-hybridized carbons (Fsp3) is 0.167. The normalized spacial score (nSPS) is 11.2. The average molecular weight is 310 g/mol. The van der Waals surface area contributed by atoms with Crippen LogP contribution >= 0.6 is 12.2 Å². The molecule has 0 aliphatic carbocycles. The smallest absolute Gasteiger partial charge is 0.238 e. The Bertz CT molecular complexity index is 720. The Hall–Kier alpha value is -1.93. The van der Waals surface area contributed by atoms with Crippen LogP contribution in [0.2, 0.25) is 0 Å². The number of sulfonamides is 1. The third kappa shape index (κ3) is 3.55. The van der Waals surface area contributed by atoms with Crippen molar-refractivity contribution in [2.75, 3.05) is 4.72 Å². The zero-order valence-corrected chi connectivity index (χ0v) is 12.4. The van der Waals surface area contributed by atoms with Crippen LogP contribution in [-0.2, 0) is 22.8 Å².